The highest BCUT2D eigenvalue weighted by molar-refractivity contribution is 7.91. The number of benzene rings is 2. The average Bonchev–Trinajstić information content (AvgIpc) is 3.02. The summed E-state index contributed by atoms with van der Waals surface area (Å²) in [4.78, 5) is 16.7. The van der Waals surface area contributed by atoms with E-state index in [9.17, 15) is 13.2 Å². The van der Waals surface area contributed by atoms with E-state index in [0.717, 1.165) is 5.56 Å². The fourth-order valence-electron chi connectivity index (χ4n) is 4.27. The first-order valence-corrected chi connectivity index (χ1v) is 12.2. The molecule has 2 saturated heterocycles. The Bertz CT molecular complexity index is 1060. The molecule has 4 rings (SSSR count). The van der Waals surface area contributed by atoms with Gasteiger partial charge in [0.05, 0.1) is 36.2 Å². The number of amides is 1. The molecule has 30 heavy (non-hydrogen) atoms. The van der Waals surface area contributed by atoms with E-state index in [0.29, 0.717) is 34.4 Å². The van der Waals surface area contributed by atoms with Crippen molar-refractivity contribution in [2.75, 3.05) is 36.6 Å². The summed E-state index contributed by atoms with van der Waals surface area (Å²) >= 11 is 12.2. The molecule has 2 aromatic carbocycles. The van der Waals surface area contributed by atoms with Gasteiger partial charge in [0.25, 0.3) is 0 Å². The van der Waals surface area contributed by atoms with Crippen LogP contribution in [-0.4, -0.2) is 63.0 Å². The Morgan fingerprint density at radius 2 is 1.77 bits per heavy atom. The number of ether oxygens (including phenoxy) is 1. The molecule has 0 bridgehead atoms. The number of rotatable bonds is 5. The molecule has 2 fully saturated rings. The molecule has 0 saturated carbocycles. The van der Waals surface area contributed by atoms with Gasteiger partial charge in [-0.15, -0.1) is 0 Å². The molecule has 2 aromatic rings. The highest BCUT2D eigenvalue weighted by Crippen LogP contribution is 2.35. The second kappa shape index (κ2) is 8.38. The molecular weight excluding hydrogens is 447 g/mol. The van der Waals surface area contributed by atoms with Gasteiger partial charge in [0.1, 0.15) is 5.75 Å². The second-order valence-corrected chi connectivity index (χ2v) is 10.6. The van der Waals surface area contributed by atoms with Crippen molar-refractivity contribution < 1.29 is 17.9 Å². The largest absolute Gasteiger partial charge is 0.495 e. The third-order valence-electron chi connectivity index (χ3n) is 5.72. The van der Waals surface area contributed by atoms with E-state index in [1.807, 2.05) is 29.2 Å². The average molecular weight is 469 g/mol. The number of carbonyl (C=O) groups excluding carboxylic acids is 1. The number of hydrogen-bond acceptors (Lipinski definition) is 5. The summed E-state index contributed by atoms with van der Waals surface area (Å²) in [5.41, 5.74) is 1.68. The zero-order valence-electron chi connectivity index (χ0n) is 16.4. The molecule has 2 aliphatic rings. The number of anilines is 1. The molecule has 2 heterocycles. The topological polar surface area (TPSA) is 66.9 Å². The van der Waals surface area contributed by atoms with Crippen molar-refractivity contribution in [2.45, 2.75) is 18.5 Å². The lowest BCUT2D eigenvalue weighted by atomic mass is 10.0. The highest BCUT2D eigenvalue weighted by atomic mass is 35.5. The standard InChI is InChI=1S/C21H22Cl2N2O4S/c1-29-20-7-6-16(10-17(20)23)25-19-13-30(27,28)12-18(19)24(11-21(25)26)9-8-14-2-4-15(22)5-3-14/h2-7,10,18-19H,8-9,11-13H2,1H3. The van der Waals surface area contributed by atoms with Crippen LogP contribution in [0.2, 0.25) is 10.0 Å². The number of methoxy groups -OCH3 is 1. The number of carbonyl (C=O) groups is 1. The minimum Gasteiger partial charge on any atom is -0.495 e. The van der Waals surface area contributed by atoms with Gasteiger partial charge in [-0.05, 0) is 42.3 Å². The zero-order chi connectivity index (χ0) is 21.5. The van der Waals surface area contributed by atoms with E-state index in [4.69, 9.17) is 27.9 Å². The Hall–Kier alpha value is -1.80. The Labute approximate surface area is 186 Å². The molecule has 0 aromatic heterocycles. The maximum atomic E-state index is 13.1. The zero-order valence-corrected chi connectivity index (χ0v) is 18.8. The summed E-state index contributed by atoms with van der Waals surface area (Å²) in [6, 6.07) is 12.0. The first-order chi connectivity index (χ1) is 14.3. The first kappa shape index (κ1) is 21.4. The Balaban J connectivity index is 1.59. The van der Waals surface area contributed by atoms with Crippen LogP contribution in [0.3, 0.4) is 0 Å². The van der Waals surface area contributed by atoms with Gasteiger partial charge in [0.15, 0.2) is 9.84 Å². The smallest absolute Gasteiger partial charge is 0.241 e. The van der Waals surface area contributed by atoms with Crippen LogP contribution < -0.4 is 9.64 Å². The van der Waals surface area contributed by atoms with E-state index in [2.05, 4.69) is 0 Å². The predicted molar refractivity (Wildman–Crippen MR) is 118 cm³/mol. The van der Waals surface area contributed by atoms with E-state index in [-0.39, 0.29) is 30.0 Å². The third kappa shape index (κ3) is 4.30. The number of fused-ring (bicyclic) bond motifs is 1. The molecule has 0 spiro atoms. The van der Waals surface area contributed by atoms with Crippen LogP contribution in [0.5, 0.6) is 5.75 Å². The Morgan fingerprint density at radius 1 is 1.07 bits per heavy atom. The lowest BCUT2D eigenvalue weighted by Crippen LogP contribution is -2.62. The molecule has 6 nitrogen and oxygen atoms in total. The van der Waals surface area contributed by atoms with Gasteiger partial charge in [-0.2, -0.15) is 0 Å². The fraction of sp³-hybridized carbons (Fsp3) is 0.381. The van der Waals surface area contributed by atoms with Crippen LogP contribution >= 0.6 is 23.2 Å². The van der Waals surface area contributed by atoms with Crippen LogP contribution in [0, 0.1) is 0 Å². The summed E-state index contributed by atoms with van der Waals surface area (Å²) in [6.45, 7) is 0.759. The number of piperazine rings is 1. The molecule has 2 atom stereocenters. The van der Waals surface area contributed by atoms with Crippen molar-refractivity contribution in [2.24, 2.45) is 0 Å². The van der Waals surface area contributed by atoms with Crippen LogP contribution in [0.15, 0.2) is 42.5 Å². The van der Waals surface area contributed by atoms with Gasteiger partial charge in [-0.25, -0.2) is 8.42 Å². The minimum absolute atomic E-state index is 0.0476. The van der Waals surface area contributed by atoms with Crippen molar-refractivity contribution in [3.8, 4) is 5.75 Å². The SMILES string of the molecule is COc1ccc(N2C(=O)CN(CCc3ccc(Cl)cc3)C3CS(=O)(=O)CC32)cc1Cl. The minimum atomic E-state index is -3.25. The molecule has 0 radical (unpaired) electrons. The molecule has 2 aliphatic heterocycles. The quantitative estimate of drug-likeness (QED) is 0.674. The molecule has 9 heteroatoms. The Kier molecular flexibility index (Phi) is 5.99. The molecule has 1 amide bonds. The van der Waals surface area contributed by atoms with Gasteiger partial charge in [0, 0.05) is 23.3 Å². The van der Waals surface area contributed by atoms with E-state index in [1.54, 1.807) is 23.1 Å². The molecular formula is C21H22Cl2N2O4S. The van der Waals surface area contributed by atoms with Crippen molar-refractivity contribution in [1.29, 1.82) is 0 Å². The van der Waals surface area contributed by atoms with Crippen molar-refractivity contribution in [3.05, 3.63) is 58.1 Å². The van der Waals surface area contributed by atoms with Crippen LogP contribution in [0.25, 0.3) is 0 Å². The van der Waals surface area contributed by atoms with Gasteiger partial charge in [-0.1, -0.05) is 35.3 Å². The van der Waals surface area contributed by atoms with Gasteiger partial charge < -0.3 is 9.64 Å². The molecule has 0 aliphatic carbocycles. The summed E-state index contributed by atoms with van der Waals surface area (Å²) in [5, 5.41) is 1.05. The lowest BCUT2D eigenvalue weighted by molar-refractivity contribution is -0.123. The summed E-state index contributed by atoms with van der Waals surface area (Å²) < 4.78 is 30.1. The van der Waals surface area contributed by atoms with Gasteiger partial charge >= 0.3 is 0 Å². The Morgan fingerprint density at radius 3 is 2.43 bits per heavy atom. The first-order valence-electron chi connectivity index (χ1n) is 9.62. The monoisotopic (exact) mass is 468 g/mol. The van der Waals surface area contributed by atoms with Crippen LogP contribution in [-0.2, 0) is 21.1 Å². The number of nitrogens with zero attached hydrogens (tertiary/aromatic N) is 2. The lowest BCUT2D eigenvalue weighted by Gasteiger charge is -2.43. The second-order valence-electron chi connectivity index (χ2n) is 7.64. The number of hydrogen-bond donors (Lipinski definition) is 0. The fourth-order valence-corrected chi connectivity index (χ4v) is 6.63. The summed E-state index contributed by atoms with van der Waals surface area (Å²) in [5.74, 6) is 0.368. The van der Waals surface area contributed by atoms with Gasteiger partial charge in [0.2, 0.25) is 5.91 Å². The normalized spacial score (nSPS) is 23.4. The summed E-state index contributed by atoms with van der Waals surface area (Å²) in [7, 11) is -1.73. The number of halogens is 2. The van der Waals surface area contributed by atoms with Crippen LogP contribution in [0.1, 0.15) is 5.56 Å². The molecule has 160 valence electrons. The third-order valence-corrected chi connectivity index (χ3v) is 7.96. The van der Waals surface area contributed by atoms with Crippen molar-refractivity contribution >= 4 is 44.6 Å². The maximum Gasteiger partial charge on any atom is 0.241 e. The predicted octanol–water partition coefficient (Wildman–Crippen LogP) is 3.06. The highest BCUT2D eigenvalue weighted by Gasteiger charge is 2.49. The van der Waals surface area contributed by atoms with E-state index >= 15 is 0 Å². The van der Waals surface area contributed by atoms with Crippen molar-refractivity contribution in [1.82, 2.24) is 4.90 Å². The number of sulfone groups is 1. The summed E-state index contributed by atoms with van der Waals surface area (Å²) in [6.07, 6.45) is 0.710. The van der Waals surface area contributed by atoms with Gasteiger partial charge in [-0.3, -0.25) is 9.69 Å². The van der Waals surface area contributed by atoms with Crippen LogP contribution in [0.4, 0.5) is 5.69 Å². The maximum absolute atomic E-state index is 13.1. The van der Waals surface area contributed by atoms with Crippen molar-refractivity contribution in [3.63, 3.8) is 0 Å². The van der Waals surface area contributed by atoms with E-state index < -0.39 is 15.9 Å². The molecule has 0 N–H and O–H groups in total. The molecule has 2 unspecified atom stereocenters. The van der Waals surface area contributed by atoms with E-state index in [1.165, 1.54) is 7.11 Å².